The van der Waals surface area contributed by atoms with E-state index in [0.717, 1.165) is 6.42 Å². The summed E-state index contributed by atoms with van der Waals surface area (Å²) < 4.78 is 13.5. The van der Waals surface area contributed by atoms with E-state index in [0.29, 0.717) is 11.2 Å². The van der Waals surface area contributed by atoms with Gasteiger partial charge in [0.25, 0.3) is 0 Å². The number of hydrogen-bond donors (Lipinski definition) is 1. The first-order valence-corrected chi connectivity index (χ1v) is 8.11. The van der Waals surface area contributed by atoms with E-state index in [-0.39, 0.29) is 28.6 Å². The van der Waals surface area contributed by atoms with E-state index in [9.17, 15) is 4.79 Å². The van der Waals surface area contributed by atoms with Crippen LogP contribution in [-0.4, -0.2) is 37.7 Å². The number of ether oxygens (including phenoxy) is 2. The van der Waals surface area contributed by atoms with Crippen LogP contribution >= 0.6 is 11.6 Å². The largest absolute Gasteiger partial charge is 0.457 e. The molecular weight excluding hydrogens is 334 g/mol. The highest BCUT2D eigenvalue weighted by Gasteiger charge is 2.53. The smallest absolute Gasteiger partial charge is 0.303 e. The van der Waals surface area contributed by atoms with Crippen LogP contribution in [0.15, 0.2) is 6.33 Å². The number of aromatic nitrogens is 4. The zero-order chi connectivity index (χ0) is 17.6. The van der Waals surface area contributed by atoms with Crippen molar-refractivity contribution in [2.75, 3.05) is 5.73 Å². The second kappa shape index (κ2) is 5.86. The Balaban J connectivity index is 2.11. The molecule has 1 unspecified atom stereocenters. The summed E-state index contributed by atoms with van der Waals surface area (Å²) in [6.07, 6.45) is 1.20. The molecule has 0 spiro atoms. The molecule has 1 saturated heterocycles. The van der Waals surface area contributed by atoms with Crippen LogP contribution in [-0.2, 0) is 14.3 Å². The van der Waals surface area contributed by atoms with Gasteiger partial charge in [0.05, 0.1) is 12.4 Å². The molecule has 0 amide bonds. The summed E-state index contributed by atoms with van der Waals surface area (Å²) in [5.41, 5.74) is 6.20. The van der Waals surface area contributed by atoms with E-state index in [1.54, 1.807) is 10.9 Å². The first kappa shape index (κ1) is 16.9. The quantitative estimate of drug-likeness (QED) is 0.666. The van der Waals surface area contributed by atoms with Gasteiger partial charge >= 0.3 is 5.97 Å². The second-order valence-electron chi connectivity index (χ2n) is 6.47. The third kappa shape index (κ3) is 2.59. The van der Waals surface area contributed by atoms with Gasteiger partial charge in [0.2, 0.25) is 5.95 Å². The highest BCUT2D eigenvalue weighted by Crippen LogP contribution is 2.47. The van der Waals surface area contributed by atoms with Crippen molar-refractivity contribution in [1.29, 1.82) is 0 Å². The Bertz CT molecular complexity index is 791. The summed E-state index contributed by atoms with van der Waals surface area (Å²) in [6, 6.07) is 0. The molecule has 9 heteroatoms. The first-order chi connectivity index (χ1) is 11.3. The minimum absolute atomic E-state index is 0.0441. The highest BCUT2D eigenvalue weighted by atomic mass is 35.5. The first-order valence-electron chi connectivity index (χ1n) is 7.74. The van der Waals surface area contributed by atoms with Gasteiger partial charge in [0.1, 0.15) is 5.52 Å². The van der Waals surface area contributed by atoms with Crippen molar-refractivity contribution in [2.45, 2.75) is 52.6 Å². The third-order valence-corrected chi connectivity index (χ3v) is 4.72. The number of esters is 1. The van der Waals surface area contributed by atoms with Crippen molar-refractivity contribution in [3.05, 3.63) is 11.5 Å². The number of nitrogen functional groups attached to an aromatic ring is 1. The Morgan fingerprint density at radius 3 is 2.83 bits per heavy atom. The lowest BCUT2D eigenvalue weighted by atomic mass is 9.81. The van der Waals surface area contributed by atoms with Crippen molar-refractivity contribution < 1.29 is 14.3 Å². The molecule has 24 heavy (non-hydrogen) atoms. The Morgan fingerprint density at radius 1 is 1.50 bits per heavy atom. The Labute approximate surface area is 144 Å². The van der Waals surface area contributed by atoms with Gasteiger partial charge in [-0.3, -0.25) is 9.36 Å². The molecule has 0 aromatic carbocycles. The fourth-order valence-electron chi connectivity index (χ4n) is 3.27. The molecule has 0 aliphatic carbocycles. The van der Waals surface area contributed by atoms with Gasteiger partial charge in [-0.25, -0.2) is 4.98 Å². The third-order valence-electron chi connectivity index (χ3n) is 4.46. The van der Waals surface area contributed by atoms with E-state index in [2.05, 4.69) is 15.0 Å². The fraction of sp³-hybridized carbons (Fsp3) is 0.600. The lowest BCUT2D eigenvalue weighted by Crippen LogP contribution is -2.38. The van der Waals surface area contributed by atoms with Crippen LogP contribution in [0.25, 0.3) is 11.2 Å². The molecule has 2 aromatic heterocycles. The van der Waals surface area contributed by atoms with Crippen molar-refractivity contribution in [3.63, 3.8) is 0 Å². The Kier molecular flexibility index (Phi) is 4.13. The Morgan fingerprint density at radius 2 is 2.21 bits per heavy atom. The summed E-state index contributed by atoms with van der Waals surface area (Å²) in [7, 11) is 0. The Hall–Kier alpha value is -1.93. The molecular formula is C15H20ClN5O3. The maximum Gasteiger partial charge on any atom is 0.303 e. The van der Waals surface area contributed by atoms with Crippen LogP contribution in [0, 0.1) is 5.41 Å². The zero-order valence-electron chi connectivity index (χ0n) is 14.0. The lowest BCUT2D eigenvalue weighted by Gasteiger charge is -2.30. The van der Waals surface area contributed by atoms with Crippen LogP contribution in [0.1, 0.15) is 40.3 Å². The molecule has 1 aliphatic heterocycles. The second-order valence-corrected chi connectivity index (χ2v) is 6.83. The number of carbonyl (C=O) groups is 1. The van der Waals surface area contributed by atoms with Crippen molar-refractivity contribution in [1.82, 2.24) is 19.5 Å². The molecule has 3 heterocycles. The maximum atomic E-state index is 11.6. The van der Waals surface area contributed by atoms with E-state index in [1.165, 1.54) is 6.92 Å². The van der Waals surface area contributed by atoms with E-state index >= 15 is 0 Å². The molecule has 3 atom stereocenters. The molecule has 0 saturated carbocycles. The van der Waals surface area contributed by atoms with E-state index < -0.39 is 12.3 Å². The molecule has 130 valence electrons. The average molecular weight is 354 g/mol. The van der Waals surface area contributed by atoms with Gasteiger partial charge in [-0.2, -0.15) is 9.97 Å². The number of anilines is 1. The summed E-state index contributed by atoms with van der Waals surface area (Å²) in [6.45, 7) is 7.45. The number of hydrogen-bond acceptors (Lipinski definition) is 7. The van der Waals surface area contributed by atoms with Crippen LogP contribution in [0.4, 0.5) is 5.95 Å². The number of carbonyl (C=O) groups excluding carboxylic acids is 1. The average Bonchev–Trinajstić information content (AvgIpc) is 2.99. The molecule has 1 fully saturated rings. The maximum absolute atomic E-state index is 11.6. The number of nitrogens with zero attached hydrogens (tertiary/aromatic N) is 4. The summed E-state index contributed by atoms with van der Waals surface area (Å²) in [5, 5.41) is 0.171. The summed E-state index contributed by atoms with van der Waals surface area (Å²) in [5.74, 6) is -0.322. The molecule has 3 rings (SSSR count). The zero-order valence-corrected chi connectivity index (χ0v) is 14.7. The highest BCUT2D eigenvalue weighted by molar-refractivity contribution is 6.33. The predicted octanol–water partition coefficient (Wildman–Crippen LogP) is 2.33. The van der Waals surface area contributed by atoms with E-state index in [4.69, 9.17) is 26.8 Å². The SMILES string of the molecule is CC[C@H]1O[C@@H](n2cnc3c(Cl)nc(N)nc32)C(OC(C)=O)C1(C)C. The van der Waals surface area contributed by atoms with Gasteiger partial charge in [0.15, 0.2) is 23.1 Å². The minimum atomic E-state index is -0.566. The van der Waals surface area contributed by atoms with Crippen LogP contribution in [0.2, 0.25) is 5.15 Å². The summed E-state index contributed by atoms with van der Waals surface area (Å²) in [4.78, 5) is 24.0. The fourth-order valence-corrected chi connectivity index (χ4v) is 3.49. The standard InChI is InChI=1S/C15H20ClN5O3/c1-5-8-15(3,4)10(23-7(2)22)13(24-8)21-6-18-9-11(16)19-14(17)20-12(9)21/h6,8,10,13H,5H2,1-4H3,(H2,17,19,20)/t8-,10?,13-/m1/s1. The van der Waals surface area contributed by atoms with Crippen LogP contribution in [0.5, 0.6) is 0 Å². The topological polar surface area (TPSA) is 105 Å². The van der Waals surface area contributed by atoms with Gasteiger partial charge in [-0.15, -0.1) is 0 Å². The van der Waals surface area contributed by atoms with Gasteiger partial charge in [0, 0.05) is 12.3 Å². The van der Waals surface area contributed by atoms with Crippen LogP contribution < -0.4 is 5.73 Å². The number of imidazole rings is 1. The van der Waals surface area contributed by atoms with Gasteiger partial charge < -0.3 is 15.2 Å². The normalized spacial score (nSPS) is 26.0. The van der Waals surface area contributed by atoms with Crippen molar-refractivity contribution in [3.8, 4) is 0 Å². The van der Waals surface area contributed by atoms with Crippen LogP contribution in [0.3, 0.4) is 0 Å². The molecule has 2 N–H and O–H groups in total. The minimum Gasteiger partial charge on any atom is -0.457 e. The summed E-state index contributed by atoms with van der Waals surface area (Å²) >= 11 is 6.08. The van der Waals surface area contributed by atoms with Gasteiger partial charge in [-0.1, -0.05) is 32.4 Å². The number of halogens is 1. The number of nitrogens with two attached hydrogens (primary N) is 1. The van der Waals surface area contributed by atoms with Crippen molar-refractivity contribution >= 4 is 34.7 Å². The van der Waals surface area contributed by atoms with E-state index in [1.807, 2.05) is 20.8 Å². The molecule has 8 nitrogen and oxygen atoms in total. The van der Waals surface area contributed by atoms with Crippen molar-refractivity contribution in [2.24, 2.45) is 5.41 Å². The molecule has 1 aliphatic rings. The number of rotatable bonds is 3. The lowest BCUT2D eigenvalue weighted by molar-refractivity contribution is -0.155. The monoisotopic (exact) mass is 353 g/mol. The predicted molar refractivity (Wildman–Crippen MR) is 88.3 cm³/mol. The molecule has 0 bridgehead atoms. The van der Waals surface area contributed by atoms with Gasteiger partial charge in [-0.05, 0) is 6.42 Å². The molecule has 0 radical (unpaired) electrons. The number of fused-ring (bicyclic) bond motifs is 1. The molecule has 2 aromatic rings.